The monoisotopic (exact) mass is 287 g/mol. The van der Waals surface area contributed by atoms with Gasteiger partial charge in [-0.05, 0) is 0 Å². The Morgan fingerprint density at radius 2 is 1.94 bits per heavy atom. The van der Waals surface area contributed by atoms with Gasteiger partial charge in [-0.2, -0.15) is 0 Å². The molecule has 0 saturated carbocycles. The fraction of sp³-hybridized carbons (Fsp3) is 0.308. The molecule has 0 saturated heterocycles. The van der Waals surface area contributed by atoms with E-state index in [0.29, 0.717) is 0 Å². The van der Waals surface area contributed by atoms with Crippen molar-refractivity contribution in [2.45, 2.75) is 19.8 Å². The van der Waals surface area contributed by atoms with Gasteiger partial charge in [0, 0.05) is 18.6 Å². The van der Waals surface area contributed by atoms with Crippen molar-refractivity contribution in [2.24, 2.45) is 0 Å². The summed E-state index contributed by atoms with van der Waals surface area (Å²) in [5, 5.41) is 0. The number of allylic oxidation sites excluding steroid dienone is 1. The molecule has 1 radical (unpaired) electrons. The van der Waals surface area contributed by atoms with Crippen LogP contribution in [0.5, 0.6) is 0 Å². The van der Waals surface area contributed by atoms with Gasteiger partial charge in [0.2, 0.25) is 0 Å². The Kier molecular flexibility index (Phi) is 4.70. The van der Waals surface area contributed by atoms with E-state index >= 15 is 0 Å². The van der Waals surface area contributed by atoms with Crippen LogP contribution in [-0.2, 0) is 48.4 Å². The van der Waals surface area contributed by atoms with Gasteiger partial charge in [0.1, 0.15) is 0 Å². The average Bonchev–Trinajstić information content (AvgIpc) is 2.29. The number of rotatable bonds is 0. The molecule has 1 nitrogen and oxygen atoms in total. The molecule has 3 heteroatoms. The van der Waals surface area contributed by atoms with Gasteiger partial charge in [-0.15, -0.1) is 0 Å². The molecule has 1 aliphatic rings. The summed E-state index contributed by atoms with van der Waals surface area (Å²) in [7, 11) is 2.09. The maximum atomic E-state index is 4.13. The van der Waals surface area contributed by atoms with Gasteiger partial charge in [0.05, 0.1) is 0 Å². The molecule has 1 aromatic rings. The van der Waals surface area contributed by atoms with Crippen molar-refractivity contribution in [3.63, 3.8) is 0 Å². The van der Waals surface area contributed by atoms with Gasteiger partial charge >= 0.3 is 100 Å². The van der Waals surface area contributed by atoms with Crippen LogP contribution in [0.2, 0.25) is 0 Å². The second-order valence-corrected chi connectivity index (χ2v) is 4.97. The van der Waals surface area contributed by atoms with E-state index in [9.17, 15) is 0 Å². The number of fused-ring (bicyclic) bond motifs is 1. The molecule has 2 rings (SSSR count). The zero-order chi connectivity index (χ0) is 11.0. The molecule has 82 valence electrons. The quantitative estimate of drug-likeness (QED) is 0.707. The summed E-state index contributed by atoms with van der Waals surface area (Å²) < 4.78 is 1.31. The third kappa shape index (κ3) is 2.73. The molecule has 0 unspecified atom stereocenters. The first kappa shape index (κ1) is 13.9. The molecule has 1 heterocycles. The summed E-state index contributed by atoms with van der Waals surface area (Å²) in [6, 6.07) is 6.71. The van der Waals surface area contributed by atoms with Crippen LogP contribution in [0.15, 0.2) is 30.5 Å². The van der Waals surface area contributed by atoms with Crippen molar-refractivity contribution < 1.29 is 35.5 Å². The van der Waals surface area contributed by atoms with E-state index in [0.717, 1.165) is 12.8 Å². The van der Waals surface area contributed by atoms with E-state index in [2.05, 4.69) is 60.6 Å². The van der Waals surface area contributed by atoms with E-state index in [1.54, 1.807) is 0 Å². The first-order valence-electron chi connectivity index (χ1n) is 5.12. The Balaban J connectivity index is 0.00000128. The van der Waals surface area contributed by atoms with Crippen LogP contribution in [0.4, 0.5) is 0 Å². The molecule has 0 aliphatic carbocycles. The van der Waals surface area contributed by atoms with E-state index in [1.165, 1.54) is 26.7 Å². The molecule has 0 spiro atoms. The zero-order valence-corrected chi connectivity index (χ0v) is 12.5. The van der Waals surface area contributed by atoms with Crippen LogP contribution < -0.4 is 0 Å². The molecule has 0 atom stereocenters. The van der Waals surface area contributed by atoms with Crippen LogP contribution in [0.3, 0.4) is 0 Å². The van der Waals surface area contributed by atoms with Crippen molar-refractivity contribution >= 4 is 4.35 Å². The van der Waals surface area contributed by atoms with Gasteiger partial charge < -0.3 is 0 Å². The average molecular weight is 287 g/mol. The predicted molar refractivity (Wildman–Crippen MR) is 60.5 cm³/mol. The van der Waals surface area contributed by atoms with E-state index < -0.39 is 0 Å². The van der Waals surface area contributed by atoms with Gasteiger partial charge in [0.15, 0.2) is 0 Å². The first-order valence-corrected chi connectivity index (χ1v) is 5.82. The van der Waals surface area contributed by atoms with Crippen molar-refractivity contribution in [1.29, 1.82) is 0 Å². The fourth-order valence-corrected chi connectivity index (χ4v) is 2.39. The molecule has 0 amide bonds. The van der Waals surface area contributed by atoms with Gasteiger partial charge in [0.25, 0.3) is 0 Å². The number of hydrogen-bond acceptors (Lipinski definition) is 1. The summed E-state index contributed by atoms with van der Waals surface area (Å²) in [5.41, 5.74) is 5.36. The summed E-state index contributed by atoms with van der Waals surface area (Å²) in [5.74, 6) is 0. The van der Waals surface area contributed by atoms with E-state index in [1.807, 2.05) is 0 Å². The van der Waals surface area contributed by atoms with Crippen LogP contribution in [0.1, 0.15) is 16.7 Å². The molecular formula is C13H15NV2. The van der Waals surface area contributed by atoms with Crippen LogP contribution in [0, 0.1) is 6.92 Å². The minimum absolute atomic E-state index is 0. The second kappa shape index (κ2) is 5.42. The minimum atomic E-state index is 0. The second-order valence-electron chi connectivity index (χ2n) is 4.17. The fourth-order valence-electron chi connectivity index (χ4n) is 1.90. The van der Waals surface area contributed by atoms with Gasteiger partial charge in [-0.25, -0.2) is 0 Å². The van der Waals surface area contributed by atoms with Crippen LogP contribution in [0.25, 0.3) is 0 Å². The molecule has 1 aromatic carbocycles. The normalized spacial score (nSPS) is 15.2. The van der Waals surface area contributed by atoms with Crippen molar-refractivity contribution in [1.82, 2.24) is 4.90 Å². The molecule has 0 N–H and O–H groups in total. The Bertz CT molecular complexity index is 438. The third-order valence-electron chi connectivity index (χ3n) is 2.97. The number of likely N-dealkylation sites (N-methyl/N-ethyl adjacent to an activating group) is 1. The van der Waals surface area contributed by atoms with Crippen molar-refractivity contribution in [2.75, 3.05) is 7.05 Å². The number of nitrogens with zero attached hydrogens (tertiary/aromatic N) is 1. The SMILES string of the molecule is C=C1Cc2cc(C)ccc2C[C](=[V])N1C.[V]. The Morgan fingerprint density at radius 3 is 2.62 bits per heavy atom. The van der Waals surface area contributed by atoms with Crippen LogP contribution in [-0.4, -0.2) is 16.3 Å². The summed E-state index contributed by atoms with van der Waals surface area (Å²) in [4.78, 5) is 2.19. The largest absolute Gasteiger partial charge is 0 e. The maximum Gasteiger partial charge on any atom is 0 e. The Labute approximate surface area is 118 Å². The van der Waals surface area contributed by atoms with Gasteiger partial charge in [-0.3, -0.25) is 0 Å². The van der Waals surface area contributed by atoms with Crippen molar-refractivity contribution in [3.05, 3.63) is 47.2 Å². The minimum Gasteiger partial charge on any atom is 0 e. The molecule has 16 heavy (non-hydrogen) atoms. The van der Waals surface area contributed by atoms with E-state index in [-0.39, 0.29) is 18.6 Å². The van der Waals surface area contributed by atoms with Crippen molar-refractivity contribution in [3.8, 4) is 0 Å². The smallest absolute Gasteiger partial charge is 0 e. The number of hydrogen-bond donors (Lipinski definition) is 0. The first-order chi connectivity index (χ1) is 7.08. The molecule has 1 aliphatic heterocycles. The third-order valence-corrected chi connectivity index (χ3v) is 3.68. The van der Waals surface area contributed by atoms with E-state index in [4.69, 9.17) is 0 Å². The standard InChI is InChI=1S/C13H15N.2V/c1-10-4-5-12-6-7-14(3)11(2)9-13(12)8-10;;/h4-5,8H,2,6,9H2,1,3H3;;. The number of aryl methyl sites for hydroxylation is 1. The molecular weight excluding hydrogens is 272 g/mol. The Morgan fingerprint density at radius 1 is 1.25 bits per heavy atom. The van der Waals surface area contributed by atoms with Gasteiger partial charge in [-0.1, -0.05) is 0 Å². The predicted octanol–water partition coefficient (Wildman–Crippen LogP) is 2.21. The molecule has 0 fully saturated rings. The topological polar surface area (TPSA) is 3.24 Å². The summed E-state index contributed by atoms with van der Waals surface area (Å²) in [6.45, 7) is 6.27. The summed E-state index contributed by atoms with van der Waals surface area (Å²) in [6.07, 6.45) is 1.99. The maximum absolute atomic E-state index is 4.13. The molecule has 0 bridgehead atoms. The van der Waals surface area contributed by atoms with Crippen LogP contribution >= 0.6 is 0 Å². The Hall–Kier alpha value is -0.201. The number of benzene rings is 1. The molecule has 0 aromatic heterocycles. The zero-order valence-electron chi connectivity index (χ0n) is 9.70. The summed E-state index contributed by atoms with van der Waals surface area (Å²) >= 11 is 2.66.